The van der Waals surface area contributed by atoms with Crippen molar-refractivity contribution < 1.29 is 9.18 Å². The van der Waals surface area contributed by atoms with Gasteiger partial charge in [-0.15, -0.1) is 0 Å². The average molecular weight is 526 g/mol. The van der Waals surface area contributed by atoms with Crippen LogP contribution >= 0.6 is 0 Å². The van der Waals surface area contributed by atoms with E-state index in [1.54, 1.807) is 11.0 Å². The second-order valence-corrected chi connectivity index (χ2v) is 11.2. The van der Waals surface area contributed by atoms with Crippen LogP contribution in [0.25, 0.3) is 11.1 Å². The van der Waals surface area contributed by atoms with E-state index >= 15 is 0 Å². The number of amides is 2. The van der Waals surface area contributed by atoms with Crippen LogP contribution in [0.1, 0.15) is 56.1 Å². The topological polar surface area (TPSA) is 60.8 Å². The smallest absolute Gasteiger partial charge is 0.350 e. The highest BCUT2D eigenvalue weighted by Crippen LogP contribution is 2.39. The Morgan fingerprint density at radius 2 is 1.82 bits per heavy atom. The molecule has 1 aromatic heterocycles. The van der Waals surface area contributed by atoms with Crippen LogP contribution in [0.4, 0.5) is 14.9 Å². The van der Waals surface area contributed by atoms with Crippen molar-refractivity contribution in [3.05, 3.63) is 83.9 Å². The van der Waals surface area contributed by atoms with E-state index in [4.69, 9.17) is 0 Å². The molecule has 1 aliphatic carbocycles. The Bertz CT molecular complexity index is 1370. The third-order valence-corrected chi connectivity index (χ3v) is 8.63. The number of benzene rings is 2. The fraction of sp³-hybridized carbons (Fsp3) is 0.406. The molecule has 0 bridgehead atoms. The molecule has 2 fully saturated rings. The van der Waals surface area contributed by atoms with E-state index in [0.29, 0.717) is 11.7 Å². The molecule has 2 amide bonds. The summed E-state index contributed by atoms with van der Waals surface area (Å²) in [6.45, 7) is 4.57. The minimum atomic E-state index is -0.575. The van der Waals surface area contributed by atoms with Gasteiger partial charge in [-0.25, -0.2) is 9.18 Å². The SMILES string of the molecule is Cc1cnccc1-c1cccc(CN2CCC3(CC2)C(NC2CCCCC2)=NC(=O)N3c2cccc(F)c2)c1. The van der Waals surface area contributed by atoms with Crippen molar-refractivity contribution in [1.82, 2.24) is 15.2 Å². The summed E-state index contributed by atoms with van der Waals surface area (Å²) in [5.41, 5.74) is 4.83. The van der Waals surface area contributed by atoms with Gasteiger partial charge in [-0.1, -0.05) is 43.5 Å². The maximum atomic E-state index is 14.3. The van der Waals surface area contributed by atoms with Crippen LogP contribution in [0.3, 0.4) is 0 Å². The van der Waals surface area contributed by atoms with Crippen molar-refractivity contribution in [2.24, 2.45) is 4.99 Å². The second-order valence-electron chi connectivity index (χ2n) is 11.2. The fourth-order valence-corrected chi connectivity index (χ4v) is 6.55. The molecule has 202 valence electrons. The molecule has 2 aromatic carbocycles. The van der Waals surface area contributed by atoms with E-state index in [1.807, 2.05) is 18.5 Å². The molecule has 6 rings (SSSR count). The van der Waals surface area contributed by atoms with Gasteiger partial charge in [0.1, 0.15) is 17.2 Å². The lowest BCUT2D eigenvalue weighted by atomic mass is 9.83. The molecule has 1 saturated heterocycles. The van der Waals surface area contributed by atoms with Gasteiger partial charge in [-0.2, -0.15) is 4.99 Å². The normalized spacial score (nSPS) is 19.9. The molecule has 0 atom stereocenters. The van der Waals surface area contributed by atoms with E-state index in [2.05, 4.69) is 57.4 Å². The number of carbonyl (C=O) groups excluding carboxylic acids is 1. The number of rotatable bonds is 5. The highest BCUT2D eigenvalue weighted by atomic mass is 19.1. The number of urea groups is 1. The Hall–Kier alpha value is -3.58. The molecule has 1 spiro atoms. The third-order valence-electron chi connectivity index (χ3n) is 8.63. The number of carbonyl (C=O) groups is 1. The summed E-state index contributed by atoms with van der Waals surface area (Å²) in [7, 11) is 0. The number of halogens is 1. The molecule has 39 heavy (non-hydrogen) atoms. The number of pyridine rings is 1. The summed E-state index contributed by atoms with van der Waals surface area (Å²) >= 11 is 0. The molecule has 0 radical (unpaired) electrons. The van der Waals surface area contributed by atoms with Gasteiger partial charge in [0.25, 0.3) is 0 Å². The first-order chi connectivity index (χ1) is 19.0. The van der Waals surface area contributed by atoms with Gasteiger partial charge in [0.15, 0.2) is 0 Å². The summed E-state index contributed by atoms with van der Waals surface area (Å²) < 4.78 is 14.3. The van der Waals surface area contributed by atoms with Crippen LogP contribution < -0.4 is 10.2 Å². The Kier molecular flexibility index (Phi) is 7.17. The van der Waals surface area contributed by atoms with E-state index < -0.39 is 5.54 Å². The predicted molar refractivity (Wildman–Crippen MR) is 153 cm³/mol. The zero-order chi connectivity index (χ0) is 26.8. The van der Waals surface area contributed by atoms with Crippen LogP contribution in [0.5, 0.6) is 0 Å². The number of anilines is 1. The maximum absolute atomic E-state index is 14.3. The van der Waals surface area contributed by atoms with Gasteiger partial charge >= 0.3 is 6.03 Å². The number of aromatic nitrogens is 1. The van der Waals surface area contributed by atoms with Crippen molar-refractivity contribution >= 4 is 17.6 Å². The van der Waals surface area contributed by atoms with Crippen molar-refractivity contribution in [2.45, 2.75) is 70.0 Å². The Labute approximate surface area is 230 Å². The largest absolute Gasteiger partial charge is 0.369 e. The number of hydrogen-bond acceptors (Lipinski definition) is 4. The predicted octanol–water partition coefficient (Wildman–Crippen LogP) is 6.49. The second kappa shape index (κ2) is 10.9. The summed E-state index contributed by atoms with van der Waals surface area (Å²) in [5.74, 6) is 0.435. The minimum Gasteiger partial charge on any atom is -0.369 e. The number of aliphatic imine (C=N–C) groups is 1. The Morgan fingerprint density at radius 1 is 1.03 bits per heavy atom. The van der Waals surface area contributed by atoms with Crippen LogP contribution in [-0.4, -0.2) is 46.4 Å². The van der Waals surface area contributed by atoms with E-state index in [9.17, 15) is 9.18 Å². The molecule has 3 aliphatic rings. The monoisotopic (exact) mass is 525 g/mol. The highest BCUT2D eigenvalue weighted by molar-refractivity contribution is 6.16. The third kappa shape index (κ3) is 5.20. The van der Waals surface area contributed by atoms with Gasteiger partial charge < -0.3 is 5.32 Å². The molecule has 1 N–H and O–H groups in total. The van der Waals surface area contributed by atoms with Crippen molar-refractivity contribution in [3.8, 4) is 11.1 Å². The summed E-state index contributed by atoms with van der Waals surface area (Å²) in [4.78, 5) is 26.3. The standard InChI is InChI=1S/C32H36FN5O/c1-23-21-34-16-13-29(23)25-8-5-7-24(19-25)22-37-17-14-32(15-18-37)30(35-27-10-3-2-4-11-27)36-31(39)38(32)28-12-6-9-26(33)20-28/h5-9,12-13,16,19-21,27H,2-4,10-11,14-15,17-18,22H2,1H3,(H,35,36,39). The van der Waals surface area contributed by atoms with Gasteiger partial charge in [-0.3, -0.25) is 14.8 Å². The Morgan fingerprint density at radius 3 is 2.59 bits per heavy atom. The van der Waals surface area contributed by atoms with Gasteiger partial charge in [0.2, 0.25) is 0 Å². The van der Waals surface area contributed by atoms with Crippen LogP contribution in [0.2, 0.25) is 0 Å². The number of amidine groups is 1. The van der Waals surface area contributed by atoms with Gasteiger partial charge in [0, 0.05) is 43.8 Å². The first-order valence-corrected chi connectivity index (χ1v) is 14.2. The van der Waals surface area contributed by atoms with Crippen molar-refractivity contribution in [2.75, 3.05) is 18.0 Å². The van der Waals surface area contributed by atoms with Crippen LogP contribution in [-0.2, 0) is 6.54 Å². The molecule has 7 heteroatoms. The molecule has 3 aromatic rings. The van der Waals surface area contributed by atoms with Crippen molar-refractivity contribution in [3.63, 3.8) is 0 Å². The maximum Gasteiger partial charge on any atom is 0.350 e. The zero-order valence-corrected chi connectivity index (χ0v) is 22.6. The highest BCUT2D eigenvalue weighted by Gasteiger charge is 2.52. The Balaban J connectivity index is 1.22. The number of nitrogens with zero attached hydrogens (tertiary/aromatic N) is 4. The number of piperidine rings is 1. The minimum absolute atomic E-state index is 0.298. The van der Waals surface area contributed by atoms with Gasteiger partial charge in [-0.05, 0) is 85.2 Å². The number of hydrogen-bond donors (Lipinski definition) is 1. The molecule has 1 saturated carbocycles. The first-order valence-electron chi connectivity index (χ1n) is 14.2. The average Bonchev–Trinajstić information content (AvgIpc) is 3.21. The number of likely N-dealkylation sites (tertiary alicyclic amines) is 1. The lowest BCUT2D eigenvalue weighted by molar-refractivity contribution is 0.181. The lowest BCUT2D eigenvalue weighted by Crippen LogP contribution is -2.62. The summed E-state index contributed by atoms with van der Waals surface area (Å²) in [5, 5.41) is 3.69. The molecular weight excluding hydrogens is 489 g/mol. The van der Waals surface area contributed by atoms with E-state index in [-0.39, 0.29) is 11.8 Å². The molecule has 0 unspecified atom stereocenters. The van der Waals surface area contributed by atoms with E-state index in [1.165, 1.54) is 48.1 Å². The zero-order valence-electron chi connectivity index (χ0n) is 22.6. The number of aryl methyl sites for hydroxylation is 1. The first kappa shape index (κ1) is 25.7. The fourth-order valence-electron chi connectivity index (χ4n) is 6.55. The van der Waals surface area contributed by atoms with E-state index in [0.717, 1.165) is 56.7 Å². The number of nitrogens with one attached hydrogen (secondary N) is 1. The molecular formula is C32H36FN5O. The molecule has 2 aliphatic heterocycles. The summed E-state index contributed by atoms with van der Waals surface area (Å²) in [6.07, 6.45) is 11.1. The quantitative estimate of drug-likeness (QED) is 0.414. The molecule has 6 nitrogen and oxygen atoms in total. The van der Waals surface area contributed by atoms with Crippen molar-refractivity contribution in [1.29, 1.82) is 0 Å². The van der Waals surface area contributed by atoms with Gasteiger partial charge in [0.05, 0.1) is 0 Å². The molecule has 3 heterocycles. The van der Waals surface area contributed by atoms with Crippen LogP contribution in [0.15, 0.2) is 72.0 Å². The van der Waals surface area contributed by atoms with Crippen LogP contribution in [0, 0.1) is 12.7 Å². The summed E-state index contributed by atoms with van der Waals surface area (Å²) in [6, 6.07) is 17.2. The lowest BCUT2D eigenvalue weighted by Gasteiger charge is -2.45.